The van der Waals surface area contributed by atoms with Gasteiger partial charge in [-0.3, -0.25) is 14.2 Å². The van der Waals surface area contributed by atoms with Crippen molar-refractivity contribution in [1.29, 1.82) is 0 Å². The van der Waals surface area contributed by atoms with Crippen LogP contribution in [0.25, 0.3) is 0 Å². The quantitative estimate of drug-likeness (QED) is 0.265. The third-order valence-corrected chi connectivity index (χ3v) is 11.0. The van der Waals surface area contributed by atoms with Crippen LogP contribution in [-0.4, -0.2) is 81.9 Å². The molecule has 1 aromatic rings. The number of hydrogen-bond acceptors (Lipinski definition) is 7. The molecule has 2 saturated heterocycles. The summed E-state index contributed by atoms with van der Waals surface area (Å²) < 4.78 is 75.8. The molecule has 32 heavy (non-hydrogen) atoms. The van der Waals surface area contributed by atoms with Gasteiger partial charge in [0.05, 0.1) is 0 Å². The summed E-state index contributed by atoms with van der Waals surface area (Å²) in [6.45, 7) is 0.658. The van der Waals surface area contributed by atoms with E-state index in [1.54, 1.807) is 12.1 Å². The molecule has 1 amide bonds. The molecule has 0 bridgehead atoms. The second-order valence-corrected chi connectivity index (χ2v) is 13.9. The number of thioether (sulfide) groups is 1. The van der Waals surface area contributed by atoms with Gasteiger partial charge in [0.25, 0.3) is 5.91 Å². The zero-order valence-electron chi connectivity index (χ0n) is 17.0. The van der Waals surface area contributed by atoms with Gasteiger partial charge in [-0.05, 0) is 64.3 Å². The molecular formula is C18H24F3N3O5S3. The Morgan fingerprint density at radius 3 is 2.12 bits per heavy atom. The lowest BCUT2D eigenvalue weighted by Crippen LogP contribution is -2.62. The highest BCUT2D eigenvalue weighted by Crippen LogP contribution is 2.38. The maximum Gasteiger partial charge on any atom is 0.446 e. The number of alkyl halides is 3. The second-order valence-electron chi connectivity index (χ2n) is 7.74. The summed E-state index contributed by atoms with van der Waals surface area (Å²) >= 11 is -0.210. The lowest BCUT2D eigenvalue weighted by molar-refractivity contribution is -0.132. The first-order chi connectivity index (χ1) is 14.8. The molecule has 3 rings (SSSR count). The van der Waals surface area contributed by atoms with E-state index in [0.717, 1.165) is 0 Å². The van der Waals surface area contributed by atoms with Gasteiger partial charge in [-0.15, -0.1) is 0 Å². The van der Waals surface area contributed by atoms with Gasteiger partial charge in [0.15, 0.2) is 4.75 Å². The molecule has 0 aromatic heterocycles. The van der Waals surface area contributed by atoms with Crippen LogP contribution in [0.4, 0.5) is 18.9 Å². The molecule has 0 spiro atoms. The number of carbonyl (C=O) groups is 1. The lowest BCUT2D eigenvalue weighted by atomic mass is 10.0. The molecule has 0 saturated carbocycles. The minimum absolute atomic E-state index is 0.0398. The number of hydrogen-bond donors (Lipinski definition) is 2. The molecule has 0 atom stereocenters. The van der Waals surface area contributed by atoms with Gasteiger partial charge < -0.3 is 4.90 Å². The van der Waals surface area contributed by atoms with E-state index in [1.165, 1.54) is 21.9 Å². The Morgan fingerprint density at radius 2 is 1.66 bits per heavy atom. The fourth-order valence-corrected chi connectivity index (χ4v) is 8.51. The molecule has 14 heteroatoms. The summed E-state index contributed by atoms with van der Waals surface area (Å²) in [6, 6.07) is 5.81. The number of nitrogens with zero attached hydrogens (tertiary/aromatic N) is 2. The van der Waals surface area contributed by atoms with Crippen molar-refractivity contribution in [3.8, 4) is 0 Å². The van der Waals surface area contributed by atoms with Crippen LogP contribution in [0.15, 0.2) is 29.2 Å². The number of halogens is 3. The number of anilines is 1. The smallest absolute Gasteiger partial charge is 0.369 e. The standard InChI is InChI=1S/C18H24F3N3O5S3/c1-31(27)12-6-17(7-13-31,16(25)22-26)32(28,29)24-10-8-23(9-11-24)14-2-4-15(5-3-14)30-18(19,20)21/h2-5,26H,1,6-13H2,(H,22,25). The van der Waals surface area contributed by atoms with Crippen molar-refractivity contribution >= 4 is 48.8 Å². The summed E-state index contributed by atoms with van der Waals surface area (Å²) in [5, 5.41) is 9.18. The average Bonchev–Trinajstić information content (AvgIpc) is 2.73. The SMILES string of the molecule is C=S1(=O)CCC(C(=O)NO)(S(=O)(=O)N2CCN(c3ccc(SC(F)(F)F)cc3)CC2)CC1. The van der Waals surface area contributed by atoms with Gasteiger partial charge >= 0.3 is 5.51 Å². The Labute approximate surface area is 189 Å². The van der Waals surface area contributed by atoms with Gasteiger partial charge in [0, 0.05) is 48.3 Å². The van der Waals surface area contributed by atoms with Gasteiger partial charge in [-0.1, -0.05) is 0 Å². The van der Waals surface area contributed by atoms with E-state index in [4.69, 9.17) is 0 Å². The summed E-state index contributed by atoms with van der Waals surface area (Å²) in [7, 11) is -6.66. The van der Waals surface area contributed by atoms with Crippen LogP contribution >= 0.6 is 11.8 Å². The fourth-order valence-electron chi connectivity index (χ4n) is 3.93. The molecular weight excluding hydrogens is 491 g/mol. The van der Waals surface area contributed by atoms with Crippen molar-refractivity contribution in [2.45, 2.75) is 28.0 Å². The van der Waals surface area contributed by atoms with Crippen LogP contribution in [0.5, 0.6) is 0 Å². The Kier molecular flexibility index (Phi) is 7.11. The zero-order valence-corrected chi connectivity index (χ0v) is 19.5. The van der Waals surface area contributed by atoms with E-state index < -0.39 is 35.7 Å². The van der Waals surface area contributed by atoms with Crippen LogP contribution in [0.2, 0.25) is 0 Å². The predicted molar refractivity (Wildman–Crippen MR) is 118 cm³/mol. The molecule has 2 heterocycles. The van der Waals surface area contributed by atoms with Crippen LogP contribution in [0.3, 0.4) is 0 Å². The first-order valence-corrected chi connectivity index (χ1v) is 14.0. The predicted octanol–water partition coefficient (Wildman–Crippen LogP) is 1.50. The summed E-state index contributed by atoms with van der Waals surface area (Å²) in [6.07, 6.45) is -0.411. The largest absolute Gasteiger partial charge is 0.446 e. The Balaban J connectivity index is 1.72. The van der Waals surface area contributed by atoms with Crippen LogP contribution in [-0.2, 0) is 24.3 Å². The topological polar surface area (TPSA) is 107 Å². The third kappa shape index (κ3) is 5.19. The van der Waals surface area contributed by atoms with Crippen molar-refractivity contribution in [2.75, 3.05) is 42.6 Å². The zero-order chi connectivity index (χ0) is 23.8. The Bertz CT molecular complexity index is 1040. The lowest BCUT2D eigenvalue weighted by Gasteiger charge is -2.42. The third-order valence-electron chi connectivity index (χ3n) is 5.78. The van der Waals surface area contributed by atoms with Crippen molar-refractivity contribution in [3.05, 3.63) is 24.3 Å². The molecule has 2 N–H and O–H groups in total. The number of rotatable bonds is 5. The van der Waals surface area contributed by atoms with Crippen molar-refractivity contribution in [1.82, 2.24) is 9.79 Å². The van der Waals surface area contributed by atoms with Crippen LogP contribution in [0, 0.1) is 0 Å². The Morgan fingerprint density at radius 1 is 1.12 bits per heavy atom. The molecule has 2 fully saturated rings. The van der Waals surface area contributed by atoms with E-state index in [-0.39, 0.29) is 67.2 Å². The second kappa shape index (κ2) is 9.05. The first-order valence-electron chi connectivity index (χ1n) is 9.67. The van der Waals surface area contributed by atoms with Crippen LogP contribution < -0.4 is 10.4 Å². The van der Waals surface area contributed by atoms with Crippen LogP contribution in [0.1, 0.15) is 12.8 Å². The normalized spacial score (nSPS) is 27.8. The number of piperazine rings is 1. The number of benzene rings is 1. The average molecular weight is 516 g/mol. The molecule has 2 aliphatic heterocycles. The molecule has 180 valence electrons. The molecule has 1 aromatic carbocycles. The summed E-state index contributed by atoms with van der Waals surface area (Å²) in [5.74, 6) is 2.47. The maximum absolute atomic E-state index is 13.4. The summed E-state index contributed by atoms with van der Waals surface area (Å²) in [4.78, 5) is 14.3. The van der Waals surface area contributed by atoms with E-state index in [2.05, 4.69) is 5.87 Å². The molecule has 0 radical (unpaired) electrons. The number of hydroxylamine groups is 1. The fraction of sp³-hybridized carbons (Fsp3) is 0.556. The van der Waals surface area contributed by atoms with E-state index >= 15 is 0 Å². The molecule has 2 aliphatic rings. The van der Waals surface area contributed by atoms with E-state index in [0.29, 0.717) is 5.69 Å². The first kappa shape index (κ1) is 25.1. The Hall–Kier alpha value is -1.48. The van der Waals surface area contributed by atoms with Crippen molar-refractivity contribution in [3.63, 3.8) is 0 Å². The maximum atomic E-state index is 13.4. The van der Waals surface area contributed by atoms with Gasteiger partial charge in [-0.25, -0.2) is 13.9 Å². The molecule has 0 aliphatic carbocycles. The minimum atomic E-state index is -4.38. The highest BCUT2D eigenvalue weighted by Gasteiger charge is 2.55. The molecule has 8 nitrogen and oxygen atoms in total. The summed E-state index contributed by atoms with van der Waals surface area (Å²) in [5.41, 5.74) is -2.26. The molecule has 0 unspecified atom stereocenters. The number of nitrogens with one attached hydrogen (secondary N) is 1. The number of amides is 1. The van der Waals surface area contributed by atoms with E-state index in [1.807, 2.05) is 4.90 Å². The van der Waals surface area contributed by atoms with Gasteiger partial charge in [0.2, 0.25) is 10.0 Å². The van der Waals surface area contributed by atoms with Gasteiger partial charge in [0.1, 0.15) is 0 Å². The minimum Gasteiger partial charge on any atom is -0.369 e. The number of carbonyl (C=O) groups excluding carboxylic acids is 1. The van der Waals surface area contributed by atoms with Crippen molar-refractivity contribution in [2.24, 2.45) is 0 Å². The highest BCUT2D eigenvalue weighted by atomic mass is 32.2. The monoisotopic (exact) mass is 515 g/mol. The van der Waals surface area contributed by atoms with Crippen molar-refractivity contribution < 1.29 is 35.8 Å². The van der Waals surface area contributed by atoms with Gasteiger partial charge in [-0.2, -0.15) is 17.5 Å². The highest BCUT2D eigenvalue weighted by molar-refractivity contribution is 8.00. The number of sulfonamides is 1. The van der Waals surface area contributed by atoms with E-state index in [9.17, 15) is 35.8 Å².